The number of halogens is 2. The van der Waals surface area contributed by atoms with Gasteiger partial charge < -0.3 is 10.4 Å². The average molecular weight is 349 g/mol. The normalized spacial score (nSPS) is 12.2. The molecule has 0 radical (unpaired) electrons. The van der Waals surface area contributed by atoms with E-state index in [2.05, 4.69) is 28.2 Å². The molecule has 0 saturated heterocycles. The van der Waals surface area contributed by atoms with Crippen molar-refractivity contribution in [3.8, 4) is 0 Å². The number of aliphatic hydroxyl groups is 1. The summed E-state index contributed by atoms with van der Waals surface area (Å²) in [7, 11) is 0. The molecule has 0 heterocycles. The van der Waals surface area contributed by atoms with Crippen molar-refractivity contribution in [3.05, 3.63) is 33.3 Å². The second-order valence-electron chi connectivity index (χ2n) is 4.48. The van der Waals surface area contributed by atoms with Crippen LogP contribution in [0.25, 0.3) is 0 Å². The molecule has 19 heavy (non-hydrogen) atoms. The fourth-order valence-electron chi connectivity index (χ4n) is 1.95. The Morgan fingerprint density at radius 3 is 2.84 bits per heavy atom. The van der Waals surface area contributed by atoms with Crippen LogP contribution in [0, 0.1) is 5.92 Å². The predicted molar refractivity (Wildman–Crippen MR) is 81.6 cm³/mol. The van der Waals surface area contributed by atoms with Gasteiger partial charge in [0, 0.05) is 17.6 Å². The van der Waals surface area contributed by atoms with Crippen LogP contribution < -0.4 is 5.32 Å². The Labute approximate surface area is 127 Å². The molecule has 1 amide bonds. The molecule has 5 heteroatoms. The summed E-state index contributed by atoms with van der Waals surface area (Å²) in [6, 6.07) is 5.27. The summed E-state index contributed by atoms with van der Waals surface area (Å²) < 4.78 is 0.710. The SMILES string of the molecule is CCCC(CCO)CNC(=O)c1cccc(Br)c1Cl. The summed E-state index contributed by atoms with van der Waals surface area (Å²) in [5.74, 6) is 0.134. The Morgan fingerprint density at radius 2 is 2.21 bits per heavy atom. The second kappa shape index (κ2) is 8.56. The van der Waals surface area contributed by atoms with Gasteiger partial charge in [-0.15, -0.1) is 0 Å². The van der Waals surface area contributed by atoms with Crippen molar-refractivity contribution in [2.24, 2.45) is 5.92 Å². The molecule has 1 atom stereocenters. The quantitative estimate of drug-likeness (QED) is 0.790. The number of amides is 1. The fourth-order valence-corrected chi connectivity index (χ4v) is 2.53. The monoisotopic (exact) mass is 347 g/mol. The molecule has 0 aromatic heterocycles. The number of hydrogen-bond acceptors (Lipinski definition) is 2. The van der Waals surface area contributed by atoms with Gasteiger partial charge in [-0.3, -0.25) is 4.79 Å². The van der Waals surface area contributed by atoms with Crippen LogP contribution in [0.2, 0.25) is 5.02 Å². The lowest BCUT2D eigenvalue weighted by molar-refractivity contribution is 0.0943. The molecule has 0 aliphatic carbocycles. The molecular weight excluding hydrogens is 330 g/mol. The van der Waals surface area contributed by atoms with Crippen LogP contribution in [-0.4, -0.2) is 24.2 Å². The Kier molecular flexibility index (Phi) is 7.42. The van der Waals surface area contributed by atoms with Crippen molar-refractivity contribution in [1.29, 1.82) is 0 Å². The van der Waals surface area contributed by atoms with Gasteiger partial charge in [-0.05, 0) is 46.8 Å². The van der Waals surface area contributed by atoms with Crippen molar-refractivity contribution >= 4 is 33.4 Å². The van der Waals surface area contributed by atoms with E-state index in [0.717, 1.165) is 12.8 Å². The summed E-state index contributed by atoms with van der Waals surface area (Å²) in [4.78, 5) is 12.1. The van der Waals surface area contributed by atoms with Crippen LogP contribution in [0.1, 0.15) is 36.5 Å². The Balaban J connectivity index is 2.61. The zero-order valence-electron chi connectivity index (χ0n) is 11.0. The van der Waals surface area contributed by atoms with Gasteiger partial charge in [0.15, 0.2) is 0 Å². The molecular formula is C14H19BrClNO2. The van der Waals surface area contributed by atoms with E-state index in [1.54, 1.807) is 18.2 Å². The molecule has 0 aliphatic heterocycles. The van der Waals surface area contributed by atoms with Gasteiger partial charge >= 0.3 is 0 Å². The highest BCUT2D eigenvalue weighted by Crippen LogP contribution is 2.25. The first-order valence-corrected chi connectivity index (χ1v) is 7.60. The van der Waals surface area contributed by atoms with Crippen molar-refractivity contribution in [2.75, 3.05) is 13.2 Å². The molecule has 0 bridgehead atoms. The smallest absolute Gasteiger partial charge is 0.252 e. The van der Waals surface area contributed by atoms with Gasteiger partial charge in [-0.1, -0.05) is 31.0 Å². The van der Waals surface area contributed by atoms with Gasteiger partial charge in [-0.25, -0.2) is 0 Å². The standard InChI is InChI=1S/C14H19BrClNO2/c1-2-4-10(7-8-18)9-17-14(19)11-5-3-6-12(15)13(11)16/h3,5-6,10,18H,2,4,7-9H2,1H3,(H,17,19). The van der Waals surface area contributed by atoms with Gasteiger partial charge in [0.1, 0.15) is 0 Å². The molecule has 3 nitrogen and oxygen atoms in total. The van der Waals surface area contributed by atoms with E-state index >= 15 is 0 Å². The Morgan fingerprint density at radius 1 is 1.47 bits per heavy atom. The fraction of sp³-hybridized carbons (Fsp3) is 0.500. The summed E-state index contributed by atoms with van der Waals surface area (Å²) in [5, 5.41) is 12.3. The number of rotatable bonds is 7. The van der Waals surface area contributed by atoms with E-state index in [4.69, 9.17) is 16.7 Å². The predicted octanol–water partition coefficient (Wildman–Crippen LogP) is 3.63. The highest BCUT2D eigenvalue weighted by molar-refractivity contribution is 9.10. The molecule has 106 valence electrons. The summed E-state index contributed by atoms with van der Waals surface area (Å²) in [6.07, 6.45) is 2.74. The highest BCUT2D eigenvalue weighted by Gasteiger charge is 2.14. The second-order valence-corrected chi connectivity index (χ2v) is 5.71. The zero-order chi connectivity index (χ0) is 14.3. The maximum Gasteiger partial charge on any atom is 0.252 e. The first kappa shape index (κ1) is 16.5. The Hall–Kier alpha value is -0.580. The first-order chi connectivity index (χ1) is 9.10. The van der Waals surface area contributed by atoms with E-state index in [1.807, 2.05) is 0 Å². The van der Waals surface area contributed by atoms with Gasteiger partial charge in [0.2, 0.25) is 0 Å². The molecule has 1 unspecified atom stereocenters. The van der Waals surface area contributed by atoms with Crippen molar-refractivity contribution < 1.29 is 9.90 Å². The largest absolute Gasteiger partial charge is 0.396 e. The first-order valence-electron chi connectivity index (χ1n) is 6.43. The summed E-state index contributed by atoms with van der Waals surface area (Å²) in [6.45, 7) is 2.81. The van der Waals surface area contributed by atoms with E-state index < -0.39 is 0 Å². The van der Waals surface area contributed by atoms with Crippen LogP contribution >= 0.6 is 27.5 Å². The van der Waals surface area contributed by atoms with Crippen molar-refractivity contribution in [2.45, 2.75) is 26.2 Å². The summed E-state index contributed by atoms with van der Waals surface area (Å²) >= 11 is 9.38. The van der Waals surface area contributed by atoms with Crippen LogP contribution in [0.3, 0.4) is 0 Å². The maximum atomic E-state index is 12.1. The third-order valence-corrected chi connectivity index (χ3v) is 4.28. The molecule has 0 fully saturated rings. The van der Waals surface area contributed by atoms with Gasteiger partial charge in [0.05, 0.1) is 10.6 Å². The van der Waals surface area contributed by atoms with Crippen LogP contribution in [0.5, 0.6) is 0 Å². The van der Waals surface area contributed by atoms with E-state index in [1.165, 1.54) is 0 Å². The van der Waals surface area contributed by atoms with E-state index in [9.17, 15) is 4.79 Å². The number of aliphatic hydroxyl groups excluding tert-OH is 1. The van der Waals surface area contributed by atoms with Crippen molar-refractivity contribution in [1.82, 2.24) is 5.32 Å². The molecule has 1 aromatic carbocycles. The number of nitrogens with one attached hydrogen (secondary N) is 1. The molecule has 1 aromatic rings. The maximum absolute atomic E-state index is 12.1. The lowest BCUT2D eigenvalue weighted by Gasteiger charge is -2.16. The lowest BCUT2D eigenvalue weighted by atomic mass is 10.00. The molecule has 0 spiro atoms. The van der Waals surface area contributed by atoms with Crippen molar-refractivity contribution in [3.63, 3.8) is 0 Å². The van der Waals surface area contributed by atoms with Crippen LogP contribution in [-0.2, 0) is 0 Å². The number of carbonyl (C=O) groups is 1. The highest BCUT2D eigenvalue weighted by atomic mass is 79.9. The summed E-state index contributed by atoms with van der Waals surface area (Å²) in [5.41, 5.74) is 0.468. The minimum absolute atomic E-state index is 0.151. The molecule has 0 aliphatic rings. The number of carbonyl (C=O) groups excluding carboxylic acids is 1. The average Bonchev–Trinajstić information content (AvgIpc) is 2.39. The topological polar surface area (TPSA) is 49.3 Å². The molecule has 2 N–H and O–H groups in total. The van der Waals surface area contributed by atoms with Crippen LogP contribution in [0.4, 0.5) is 0 Å². The third-order valence-electron chi connectivity index (χ3n) is 2.98. The molecule has 1 rings (SSSR count). The zero-order valence-corrected chi connectivity index (χ0v) is 13.3. The van der Waals surface area contributed by atoms with E-state index in [0.29, 0.717) is 33.9 Å². The van der Waals surface area contributed by atoms with Crippen LogP contribution in [0.15, 0.2) is 22.7 Å². The van der Waals surface area contributed by atoms with E-state index in [-0.39, 0.29) is 12.5 Å². The number of benzene rings is 1. The lowest BCUT2D eigenvalue weighted by Crippen LogP contribution is -2.30. The third kappa shape index (κ3) is 5.13. The minimum atomic E-state index is -0.176. The number of hydrogen-bond donors (Lipinski definition) is 2. The minimum Gasteiger partial charge on any atom is -0.396 e. The molecule has 0 saturated carbocycles. The van der Waals surface area contributed by atoms with Gasteiger partial charge in [0.25, 0.3) is 5.91 Å². The Bertz CT molecular complexity index is 420. The van der Waals surface area contributed by atoms with Gasteiger partial charge in [-0.2, -0.15) is 0 Å².